The zero-order valence-corrected chi connectivity index (χ0v) is 14.6. The van der Waals surface area contributed by atoms with Crippen LogP contribution in [0, 0.1) is 23.2 Å². The number of carbonyl (C=O) groups is 1. The van der Waals surface area contributed by atoms with Crippen LogP contribution in [0.4, 0.5) is 0 Å². The Morgan fingerprint density at radius 1 is 1.29 bits per heavy atom. The summed E-state index contributed by atoms with van der Waals surface area (Å²) in [5.74, 6) is 3.65. The molecule has 3 heteroatoms. The van der Waals surface area contributed by atoms with E-state index in [0.717, 1.165) is 24.0 Å². The lowest BCUT2D eigenvalue weighted by Gasteiger charge is -2.50. The van der Waals surface area contributed by atoms with Gasteiger partial charge in [0, 0.05) is 11.3 Å². The van der Waals surface area contributed by atoms with Crippen molar-refractivity contribution in [1.82, 2.24) is 0 Å². The Morgan fingerprint density at radius 3 is 3.00 bits per heavy atom. The molecule has 3 fully saturated rings. The molecule has 0 amide bonds. The molecule has 6 unspecified atom stereocenters. The molecule has 0 bridgehead atoms. The molecule has 1 aromatic rings. The van der Waals surface area contributed by atoms with Crippen molar-refractivity contribution in [3.8, 4) is 5.75 Å². The molecule has 1 heterocycles. The van der Waals surface area contributed by atoms with Crippen LogP contribution in [0.25, 0.3) is 0 Å². The summed E-state index contributed by atoms with van der Waals surface area (Å²) in [6, 6.07) is 6.67. The van der Waals surface area contributed by atoms with Gasteiger partial charge in [0.2, 0.25) is 0 Å². The van der Waals surface area contributed by atoms with E-state index in [2.05, 4.69) is 25.1 Å². The third kappa shape index (κ3) is 1.87. The topological polar surface area (TPSA) is 35.5 Å². The predicted octanol–water partition coefficient (Wildman–Crippen LogP) is 4.09. The number of fused-ring (bicyclic) bond motifs is 7. The summed E-state index contributed by atoms with van der Waals surface area (Å²) in [4.78, 5) is 11.7. The molecule has 0 aromatic heterocycles. The van der Waals surface area contributed by atoms with Gasteiger partial charge in [-0.2, -0.15) is 0 Å². The van der Waals surface area contributed by atoms with Gasteiger partial charge < -0.3 is 9.47 Å². The summed E-state index contributed by atoms with van der Waals surface area (Å²) in [6.07, 6.45) is 6.90. The Morgan fingerprint density at radius 2 is 2.17 bits per heavy atom. The Kier molecular flexibility index (Phi) is 3.08. The SMILES string of the molecule is COc1ccc2c(c1)CCC1C2CCC2(C)C1CC1CC(=O)OC12. The van der Waals surface area contributed by atoms with Crippen LogP contribution >= 0.6 is 0 Å². The summed E-state index contributed by atoms with van der Waals surface area (Å²) in [6.45, 7) is 2.40. The number of benzene rings is 1. The van der Waals surface area contributed by atoms with Gasteiger partial charge in [-0.3, -0.25) is 4.79 Å². The maximum Gasteiger partial charge on any atom is 0.306 e. The van der Waals surface area contributed by atoms with E-state index in [0.29, 0.717) is 18.3 Å². The second-order valence-electron chi connectivity index (χ2n) is 8.64. The fourth-order valence-electron chi connectivity index (χ4n) is 6.64. The van der Waals surface area contributed by atoms with E-state index in [9.17, 15) is 4.79 Å². The summed E-state index contributed by atoms with van der Waals surface area (Å²) >= 11 is 0. The third-order valence-electron chi connectivity index (χ3n) is 7.69. The first-order valence-corrected chi connectivity index (χ1v) is 9.46. The fourth-order valence-corrected chi connectivity index (χ4v) is 6.64. The summed E-state index contributed by atoms with van der Waals surface area (Å²) in [5, 5.41) is 0. The molecule has 0 spiro atoms. The van der Waals surface area contributed by atoms with Crippen molar-refractivity contribution in [3.63, 3.8) is 0 Å². The third-order valence-corrected chi connectivity index (χ3v) is 7.69. The minimum atomic E-state index is 0.0351. The van der Waals surface area contributed by atoms with Crippen molar-refractivity contribution in [2.45, 2.75) is 57.5 Å². The molecule has 5 rings (SSSR count). The Labute approximate surface area is 143 Å². The van der Waals surface area contributed by atoms with Gasteiger partial charge in [-0.15, -0.1) is 0 Å². The number of hydrogen-bond acceptors (Lipinski definition) is 3. The largest absolute Gasteiger partial charge is 0.497 e. The fraction of sp³-hybridized carbons (Fsp3) is 0.667. The normalized spacial score (nSPS) is 42.6. The van der Waals surface area contributed by atoms with E-state index in [1.807, 2.05) is 0 Å². The van der Waals surface area contributed by atoms with Crippen LogP contribution < -0.4 is 4.74 Å². The van der Waals surface area contributed by atoms with Gasteiger partial charge in [0.15, 0.2) is 0 Å². The monoisotopic (exact) mass is 326 g/mol. The molecule has 3 aliphatic carbocycles. The van der Waals surface area contributed by atoms with Gasteiger partial charge in [0.25, 0.3) is 0 Å². The zero-order chi connectivity index (χ0) is 16.5. The Balaban J connectivity index is 1.48. The minimum Gasteiger partial charge on any atom is -0.497 e. The highest BCUT2D eigenvalue weighted by Gasteiger charge is 2.61. The highest BCUT2D eigenvalue weighted by molar-refractivity contribution is 5.72. The second-order valence-corrected chi connectivity index (χ2v) is 8.64. The lowest BCUT2D eigenvalue weighted by atomic mass is 9.55. The molecule has 1 saturated heterocycles. The van der Waals surface area contributed by atoms with Gasteiger partial charge in [-0.05, 0) is 73.1 Å². The molecular formula is C21H26O3. The molecule has 1 aliphatic heterocycles. The number of ether oxygens (including phenoxy) is 2. The Bertz CT molecular complexity index is 696. The van der Waals surface area contributed by atoms with Gasteiger partial charge in [0.05, 0.1) is 13.5 Å². The quantitative estimate of drug-likeness (QED) is 0.729. The van der Waals surface area contributed by atoms with Crippen molar-refractivity contribution < 1.29 is 14.3 Å². The maximum absolute atomic E-state index is 11.7. The lowest BCUT2D eigenvalue weighted by Crippen LogP contribution is -2.44. The molecule has 128 valence electrons. The molecule has 4 aliphatic rings. The molecule has 2 saturated carbocycles. The molecule has 0 radical (unpaired) electrons. The number of methoxy groups -OCH3 is 1. The first-order chi connectivity index (χ1) is 11.6. The molecule has 6 atom stereocenters. The van der Waals surface area contributed by atoms with Gasteiger partial charge >= 0.3 is 5.97 Å². The highest BCUT2D eigenvalue weighted by atomic mass is 16.6. The minimum absolute atomic E-state index is 0.0351. The predicted molar refractivity (Wildman–Crippen MR) is 91.0 cm³/mol. The van der Waals surface area contributed by atoms with Crippen LogP contribution in [0.2, 0.25) is 0 Å². The van der Waals surface area contributed by atoms with Crippen molar-refractivity contribution >= 4 is 5.97 Å². The van der Waals surface area contributed by atoms with E-state index < -0.39 is 0 Å². The van der Waals surface area contributed by atoms with E-state index in [-0.39, 0.29) is 17.5 Å². The highest BCUT2D eigenvalue weighted by Crippen LogP contribution is 2.64. The van der Waals surface area contributed by atoms with Crippen LogP contribution in [0.15, 0.2) is 18.2 Å². The van der Waals surface area contributed by atoms with Crippen molar-refractivity contribution in [2.75, 3.05) is 7.11 Å². The average molecular weight is 326 g/mol. The maximum atomic E-state index is 11.7. The van der Waals surface area contributed by atoms with Crippen LogP contribution in [0.1, 0.15) is 56.1 Å². The lowest BCUT2D eigenvalue weighted by molar-refractivity contribution is -0.149. The van der Waals surface area contributed by atoms with Crippen LogP contribution in [0.5, 0.6) is 5.75 Å². The van der Waals surface area contributed by atoms with E-state index >= 15 is 0 Å². The number of carbonyl (C=O) groups excluding carboxylic acids is 1. The van der Waals surface area contributed by atoms with Gasteiger partial charge in [0.1, 0.15) is 11.9 Å². The molecule has 1 aromatic carbocycles. The van der Waals surface area contributed by atoms with Crippen LogP contribution in [-0.4, -0.2) is 19.2 Å². The number of rotatable bonds is 1. The number of esters is 1. The molecule has 24 heavy (non-hydrogen) atoms. The summed E-state index contributed by atoms with van der Waals surface area (Å²) < 4.78 is 11.2. The van der Waals surface area contributed by atoms with Crippen molar-refractivity contribution in [2.24, 2.45) is 23.2 Å². The first-order valence-electron chi connectivity index (χ1n) is 9.46. The van der Waals surface area contributed by atoms with E-state index in [1.165, 1.54) is 31.2 Å². The molecule has 3 nitrogen and oxygen atoms in total. The molecular weight excluding hydrogens is 300 g/mol. The summed E-state index contributed by atoms with van der Waals surface area (Å²) in [7, 11) is 1.75. The van der Waals surface area contributed by atoms with Crippen molar-refractivity contribution in [3.05, 3.63) is 29.3 Å². The van der Waals surface area contributed by atoms with Gasteiger partial charge in [-0.1, -0.05) is 13.0 Å². The Hall–Kier alpha value is -1.51. The van der Waals surface area contributed by atoms with Crippen LogP contribution in [-0.2, 0) is 16.0 Å². The standard InChI is InChI=1S/C21H26O3/c1-21-8-7-16-15-6-4-14(23-2)9-12(15)3-5-17(16)18(21)10-13-11-19(22)24-20(13)21/h4,6,9,13,16-18,20H,3,5,7-8,10-11H2,1-2H3. The smallest absolute Gasteiger partial charge is 0.306 e. The van der Waals surface area contributed by atoms with Crippen molar-refractivity contribution in [1.29, 1.82) is 0 Å². The van der Waals surface area contributed by atoms with Crippen LogP contribution in [0.3, 0.4) is 0 Å². The first kappa shape index (κ1) is 14.8. The zero-order valence-electron chi connectivity index (χ0n) is 14.6. The summed E-state index contributed by atoms with van der Waals surface area (Å²) in [5.41, 5.74) is 3.26. The van der Waals surface area contributed by atoms with E-state index in [4.69, 9.17) is 9.47 Å². The average Bonchev–Trinajstić information content (AvgIpc) is 3.09. The number of hydrogen-bond donors (Lipinski definition) is 0. The molecule has 0 N–H and O–H groups in total. The second kappa shape index (κ2) is 5.00. The van der Waals surface area contributed by atoms with Gasteiger partial charge in [-0.25, -0.2) is 0 Å². The number of aryl methyl sites for hydroxylation is 1. The van der Waals surface area contributed by atoms with E-state index in [1.54, 1.807) is 12.7 Å².